The first-order valence-corrected chi connectivity index (χ1v) is 8.79. The van der Waals surface area contributed by atoms with Crippen molar-refractivity contribution in [2.24, 2.45) is 11.8 Å². The summed E-state index contributed by atoms with van der Waals surface area (Å²) in [5.41, 5.74) is 1.22. The number of hydrogen-bond acceptors (Lipinski definition) is 3. The van der Waals surface area contributed by atoms with Gasteiger partial charge in [0, 0.05) is 17.8 Å². The van der Waals surface area contributed by atoms with Crippen molar-refractivity contribution in [2.75, 3.05) is 37.7 Å². The zero-order chi connectivity index (χ0) is 16.5. The van der Waals surface area contributed by atoms with E-state index in [9.17, 15) is 9.59 Å². The smallest absolute Gasteiger partial charge is 0.237 e. The molecule has 6 nitrogen and oxygen atoms in total. The van der Waals surface area contributed by atoms with Crippen LogP contribution in [0.2, 0.25) is 0 Å². The third kappa shape index (κ3) is 2.71. The Kier molecular flexibility index (Phi) is 4.06. The highest BCUT2D eigenvalue weighted by Crippen LogP contribution is 2.34. The number of nitrogens with zero attached hydrogens (tertiary/aromatic N) is 2. The SMILES string of the molecule is O=C1[C@H]2CC=CC[C@@H]2C(=O)N1C[NH+]1CCN(c2cc[nH+]cc2)CC1. The Labute approximate surface area is 141 Å². The number of carbonyl (C=O) groups is 2. The third-order valence-electron chi connectivity index (χ3n) is 5.52. The first-order chi connectivity index (χ1) is 11.7. The number of imide groups is 1. The average Bonchev–Trinajstić information content (AvgIpc) is 2.88. The van der Waals surface area contributed by atoms with Gasteiger partial charge in [-0.05, 0) is 12.8 Å². The molecule has 1 aromatic heterocycles. The molecule has 2 amide bonds. The number of fused-ring (bicyclic) bond motifs is 1. The topological polar surface area (TPSA) is 59.2 Å². The molecule has 2 aliphatic heterocycles. The molecule has 4 rings (SSSR count). The molecule has 0 aromatic carbocycles. The highest BCUT2D eigenvalue weighted by Gasteiger charge is 2.48. The number of hydrogen-bond donors (Lipinski definition) is 1. The van der Waals surface area contributed by atoms with E-state index < -0.39 is 0 Å². The van der Waals surface area contributed by atoms with E-state index in [1.807, 2.05) is 24.5 Å². The predicted molar refractivity (Wildman–Crippen MR) is 88.0 cm³/mol. The van der Waals surface area contributed by atoms with Crippen molar-refractivity contribution >= 4 is 17.5 Å². The minimum absolute atomic E-state index is 0.0443. The van der Waals surface area contributed by atoms with Crippen molar-refractivity contribution in [1.82, 2.24) is 4.90 Å². The van der Waals surface area contributed by atoms with Crippen LogP contribution in [0.3, 0.4) is 0 Å². The Bertz CT molecular complexity index is 626. The van der Waals surface area contributed by atoms with Crippen LogP contribution in [-0.4, -0.2) is 49.6 Å². The Hall–Kier alpha value is -2.21. The van der Waals surface area contributed by atoms with E-state index in [0.717, 1.165) is 39.0 Å². The van der Waals surface area contributed by atoms with Gasteiger partial charge in [0.15, 0.2) is 19.1 Å². The number of amides is 2. The Balaban J connectivity index is 1.36. The van der Waals surface area contributed by atoms with Gasteiger partial charge in [-0.3, -0.25) is 9.59 Å². The largest absolute Gasteiger partial charge is 0.360 e. The summed E-state index contributed by atoms with van der Waals surface area (Å²) >= 11 is 0. The van der Waals surface area contributed by atoms with Crippen molar-refractivity contribution in [2.45, 2.75) is 12.8 Å². The number of rotatable bonds is 3. The quantitative estimate of drug-likeness (QED) is 0.579. The van der Waals surface area contributed by atoms with Crippen molar-refractivity contribution in [3.63, 3.8) is 0 Å². The minimum atomic E-state index is -0.108. The second-order valence-corrected chi connectivity index (χ2v) is 6.91. The molecule has 0 bridgehead atoms. The van der Waals surface area contributed by atoms with Gasteiger partial charge in [0.25, 0.3) is 0 Å². The van der Waals surface area contributed by atoms with Crippen LogP contribution < -0.4 is 14.8 Å². The first-order valence-electron chi connectivity index (χ1n) is 8.79. The zero-order valence-corrected chi connectivity index (χ0v) is 13.8. The highest BCUT2D eigenvalue weighted by molar-refractivity contribution is 6.05. The number of aromatic nitrogens is 1. The summed E-state index contributed by atoms with van der Waals surface area (Å²) in [6.07, 6.45) is 9.40. The van der Waals surface area contributed by atoms with Gasteiger partial charge in [0.1, 0.15) is 0 Å². The van der Waals surface area contributed by atoms with E-state index in [1.54, 1.807) is 0 Å². The summed E-state index contributed by atoms with van der Waals surface area (Å²) in [5, 5.41) is 0. The molecular formula is C18H24N4O2+2. The fraction of sp³-hybridized carbons (Fsp3) is 0.500. The van der Waals surface area contributed by atoms with Crippen molar-refractivity contribution in [1.29, 1.82) is 0 Å². The van der Waals surface area contributed by atoms with E-state index in [2.05, 4.69) is 22.0 Å². The molecule has 0 unspecified atom stereocenters. The molecule has 126 valence electrons. The first kappa shape index (κ1) is 15.3. The predicted octanol–water partition coefficient (Wildman–Crippen LogP) is -0.886. The second-order valence-electron chi connectivity index (χ2n) is 6.91. The number of pyridine rings is 1. The van der Waals surface area contributed by atoms with E-state index in [-0.39, 0.29) is 23.7 Å². The number of anilines is 1. The third-order valence-corrected chi connectivity index (χ3v) is 5.52. The zero-order valence-electron chi connectivity index (χ0n) is 13.8. The summed E-state index contributed by atoms with van der Waals surface area (Å²) in [6.45, 7) is 4.32. The molecular weight excluding hydrogens is 304 g/mol. The number of allylic oxidation sites excluding steroid dienone is 2. The molecule has 0 radical (unpaired) electrons. The average molecular weight is 328 g/mol. The maximum atomic E-state index is 12.6. The molecule has 1 aromatic rings. The number of piperazine rings is 1. The molecule has 0 spiro atoms. The standard InChI is InChI=1S/C18H22N4O2/c23-17-15-3-1-2-4-16(15)18(24)22(17)13-20-9-11-21(12-10-20)14-5-7-19-8-6-14/h1-2,5-8,15-16H,3-4,9-13H2/p+2/t15-,16-/m0/s1. The van der Waals surface area contributed by atoms with Gasteiger partial charge >= 0.3 is 0 Å². The van der Waals surface area contributed by atoms with E-state index in [4.69, 9.17) is 0 Å². The second kappa shape index (κ2) is 6.36. The normalized spacial score (nSPS) is 27.7. The lowest BCUT2D eigenvalue weighted by Crippen LogP contribution is -3.16. The molecule has 0 saturated carbocycles. The number of nitrogens with one attached hydrogen (secondary N) is 2. The van der Waals surface area contributed by atoms with Crippen LogP contribution in [0.15, 0.2) is 36.7 Å². The van der Waals surface area contributed by atoms with Crippen LogP contribution in [0.1, 0.15) is 12.8 Å². The van der Waals surface area contributed by atoms with Crippen molar-refractivity contribution in [3.8, 4) is 0 Å². The van der Waals surface area contributed by atoms with Crippen LogP contribution in [0.25, 0.3) is 0 Å². The van der Waals surface area contributed by atoms with Gasteiger partial charge in [0.2, 0.25) is 11.8 Å². The van der Waals surface area contributed by atoms with Crippen LogP contribution in [0.5, 0.6) is 0 Å². The van der Waals surface area contributed by atoms with Gasteiger partial charge in [-0.15, -0.1) is 0 Å². The molecule has 2 N–H and O–H groups in total. The molecule has 24 heavy (non-hydrogen) atoms. The van der Waals surface area contributed by atoms with Crippen molar-refractivity contribution < 1.29 is 19.5 Å². The van der Waals surface area contributed by atoms with Gasteiger partial charge in [-0.2, -0.15) is 0 Å². The highest BCUT2D eigenvalue weighted by atomic mass is 16.2. The monoisotopic (exact) mass is 328 g/mol. The minimum Gasteiger partial charge on any atom is -0.360 e. The molecule has 2 atom stereocenters. The van der Waals surface area contributed by atoms with Crippen LogP contribution in [0, 0.1) is 11.8 Å². The number of carbonyl (C=O) groups excluding carboxylic acids is 2. The molecule has 1 aliphatic carbocycles. The Morgan fingerprint density at radius 2 is 1.58 bits per heavy atom. The van der Waals surface area contributed by atoms with Gasteiger partial charge in [-0.1, -0.05) is 12.2 Å². The number of likely N-dealkylation sites (tertiary alicyclic amines) is 1. The summed E-state index contributed by atoms with van der Waals surface area (Å²) < 4.78 is 0. The molecule has 3 heterocycles. The summed E-state index contributed by atoms with van der Waals surface area (Å²) in [5.74, 6) is -0.127. The number of aromatic amines is 1. The maximum Gasteiger partial charge on any atom is 0.237 e. The lowest BCUT2D eigenvalue weighted by molar-refractivity contribution is -0.908. The Morgan fingerprint density at radius 3 is 2.17 bits per heavy atom. The number of quaternary nitrogens is 1. The maximum absolute atomic E-state index is 12.6. The van der Waals surface area contributed by atoms with E-state index in [0.29, 0.717) is 6.67 Å². The number of H-pyrrole nitrogens is 1. The van der Waals surface area contributed by atoms with Crippen LogP contribution in [0.4, 0.5) is 5.69 Å². The lowest BCUT2D eigenvalue weighted by Gasteiger charge is -2.34. The molecule has 2 saturated heterocycles. The van der Waals surface area contributed by atoms with Crippen LogP contribution >= 0.6 is 0 Å². The summed E-state index contributed by atoms with van der Waals surface area (Å²) in [6, 6.07) is 4.16. The fourth-order valence-electron chi connectivity index (χ4n) is 4.08. The summed E-state index contributed by atoms with van der Waals surface area (Å²) in [4.78, 5) is 33.4. The lowest BCUT2D eigenvalue weighted by atomic mass is 9.85. The Morgan fingerprint density at radius 1 is 1.00 bits per heavy atom. The van der Waals surface area contributed by atoms with E-state index >= 15 is 0 Å². The molecule has 6 heteroatoms. The van der Waals surface area contributed by atoms with Gasteiger partial charge in [0.05, 0.1) is 38.0 Å². The summed E-state index contributed by atoms with van der Waals surface area (Å²) in [7, 11) is 0. The van der Waals surface area contributed by atoms with Crippen molar-refractivity contribution in [3.05, 3.63) is 36.7 Å². The van der Waals surface area contributed by atoms with Gasteiger partial charge < -0.3 is 9.80 Å². The van der Waals surface area contributed by atoms with Gasteiger partial charge in [-0.25, -0.2) is 9.88 Å². The molecule has 2 fully saturated rings. The van der Waals surface area contributed by atoms with Crippen LogP contribution in [-0.2, 0) is 9.59 Å². The van der Waals surface area contributed by atoms with E-state index in [1.165, 1.54) is 15.5 Å². The molecule has 3 aliphatic rings. The fourth-order valence-corrected chi connectivity index (χ4v) is 4.08.